The number of benzene rings is 1. The highest BCUT2D eigenvalue weighted by atomic mass is 32.2. The van der Waals surface area contributed by atoms with Crippen molar-refractivity contribution in [3.8, 4) is 0 Å². The lowest BCUT2D eigenvalue weighted by Gasteiger charge is -2.13. The average molecular weight is 292 g/mol. The van der Waals surface area contributed by atoms with E-state index in [9.17, 15) is 8.42 Å². The fraction of sp³-hybridized carbons (Fsp3) is 0.154. The molecule has 5 N–H and O–H groups in total. The third-order valence-corrected chi connectivity index (χ3v) is 3.96. The quantitative estimate of drug-likeness (QED) is 0.734. The van der Waals surface area contributed by atoms with Crippen molar-refractivity contribution in [2.75, 3.05) is 11.1 Å². The molecule has 0 aliphatic heterocycles. The summed E-state index contributed by atoms with van der Waals surface area (Å²) >= 11 is 0. The maximum Gasteiger partial charge on any atom is 0.238 e. The van der Waals surface area contributed by atoms with E-state index >= 15 is 0 Å². The summed E-state index contributed by atoms with van der Waals surface area (Å²) in [5, 5.41) is 8.34. The smallest absolute Gasteiger partial charge is 0.238 e. The van der Waals surface area contributed by atoms with E-state index in [2.05, 4.69) is 10.3 Å². The van der Waals surface area contributed by atoms with Gasteiger partial charge in [0.2, 0.25) is 10.0 Å². The predicted octanol–water partition coefficient (Wildman–Crippen LogP) is 1.23. The van der Waals surface area contributed by atoms with Gasteiger partial charge in [-0.25, -0.2) is 13.6 Å². The monoisotopic (exact) mass is 292 g/mol. The van der Waals surface area contributed by atoms with Crippen molar-refractivity contribution in [1.29, 1.82) is 0 Å². The SMILES string of the molecule is Cc1c(NCc2ccncc2)cc(N)cc1S(N)(=O)=O. The summed E-state index contributed by atoms with van der Waals surface area (Å²) < 4.78 is 23.0. The lowest BCUT2D eigenvalue weighted by Crippen LogP contribution is -2.15. The van der Waals surface area contributed by atoms with Gasteiger partial charge in [-0.3, -0.25) is 4.98 Å². The largest absolute Gasteiger partial charge is 0.399 e. The number of anilines is 2. The van der Waals surface area contributed by atoms with E-state index in [4.69, 9.17) is 10.9 Å². The lowest BCUT2D eigenvalue weighted by molar-refractivity contribution is 0.597. The Hall–Kier alpha value is -2.12. The van der Waals surface area contributed by atoms with Crippen LogP contribution in [0.1, 0.15) is 11.1 Å². The van der Waals surface area contributed by atoms with Crippen LogP contribution in [0.25, 0.3) is 0 Å². The molecule has 0 radical (unpaired) electrons. The van der Waals surface area contributed by atoms with Crippen molar-refractivity contribution >= 4 is 21.4 Å². The molecule has 20 heavy (non-hydrogen) atoms. The number of nitrogens with two attached hydrogens (primary N) is 2. The summed E-state index contributed by atoms with van der Waals surface area (Å²) in [6.07, 6.45) is 3.39. The highest BCUT2D eigenvalue weighted by Gasteiger charge is 2.15. The Bertz CT molecular complexity index is 715. The number of sulfonamides is 1. The van der Waals surface area contributed by atoms with Gasteiger partial charge in [0.05, 0.1) is 4.90 Å². The van der Waals surface area contributed by atoms with Crippen LogP contribution in [0.15, 0.2) is 41.6 Å². The lowest BCUT2D eigenvalue weighted by atomic mass is 10.1. The van der Waals surface area contributed by atoms with E-state index in [-0.39, 0.29) is 4.90 Å². The molecule has 0 saturated carbocycles. The van der Waals surface area contributed by atoms with Crippen LogP contribution in [-0.2, 0) is 16.6 Å². The average Bonchev–Trinajstić information content (AvgIpc) is 2.39. The Labute approximate surface area is 117 Å². The maximum atomic E-state index is 11.5. The summed E-state index contributed by atoms with van der Waals surface area (Å²) in [5.74, 6) is 0. The van der Waals surface area contributed by atoms with Gasteiger partial charge >= 0.3 is 0 Å². The second-order valence-corrected chi connectivity index (χ2v) is 5.98. The number of nitrogen functional groups attached to an aromatic ring is 1. The minimum atomic E-state index is -3.79. The van der Waals surface area contributed by atoms with Gasteiger partial charge in [-0.15, -0.1) is 0 Å². The maximum absolute atomic E-state index is 11.5. The summed E-state index contributed by atoms with van der Waals surface area (Å²) in [5.41, 5.74) is 8.29. The Morgan fingerprint density at radius 3 is 2.50 bits per heavy atom. The third kappa shape index (κ3) is 3.25. The normalized spacial score (nSPS) is 11.3. The van der Waals surface area contributed by atoms with Crippen molar-refractivity contribution in [3.05, 3.63) is 47.8 Å². The zero-order valence-corrected chi connectivity index (χ0v) is 11.8. The Morgan fingerprint density at radius 1 is 1.25 bits per heavy atom. The van der Waals surface area contributed by atoms with E-state index in [1.165, 1.54) is 6.07 Å². The van der Waals surface area contributed by atoms with Gasteiger partial charge in [-0.05, 0) is 42.3 Å². The van der Waals surface area contributed by atoms with Crippen molar-refractivity contribution in [2.45, 2.75) is 18.4 Å². The fourth-order valence-electron chi connectivity index (χ4n) is 1.89. The highest BCUT2D eigenvalue weighted by Crippen LogP contribution is 2.26. The first-order chi connectivity index (χ1) is 9.38. The molecule has 0 aliphatic carbocycles. The molecule has 0 bridgehead atoms. The molecule has 0 aliphatic rings. The van der Waals surface area contributed by atoms with E-state index < -0.39 is 10.0 Å². The Morgan fingerprint density at radius 2 is 1.90 bits per heavy atom. The number of primary sulfonamides is 1. The van der Waals surface area contributed by atoms with Gasteiger partial charge in [0, 0.05) is 30.3 Å². The predicted molar refractivity (Wildman–Crippen MR) is 78.5 cm³/mol. The summed E-state index contributed by atoms with van der Waals surface area (Å²) in [4.78, 5) is 3.97. The standard InChI is InChI=1S/C13H16N4O2S/c1-9-12(17-8-10-2-4-16-5-3-10)6-11(14)7-13(9)20(15,18)19/h2-7,17H,8,14H2,1H3,(H2,15,18,19). The second kappa shape index (κ2) is 5.48. The number of rotatable bonds is 4. The van der Waals surface area contributed by atoms with Gasteiger partial charge in [0.15, 0.2) is 0 Å². The van der Waals surface area contributed by atoms with E-state index in [0.29, 0.717) is 23.5 Å². The Balaban J connectivity index is 2.31. The molecule has 0 atom stereocenters. The van der Waals surface area contributed by atoms with Crippen LogP contribution in [0.4, 0.5) is 11.4 Å². The number of hydrogen-bond acceptors (Lipinski definition) is 5. The molecular weight excluding hydrogens is 276 g/mol. The molecular formula is C13H16N4O2S. The molecule has 2 rings (SSSR count). The molecule has 0 saturated heterocycles. The number of aromatic nitrogens is 1. The summed E-state index contributed by atoms with van der Waals surface area (Å²) in [7, 11) is -3.79. The van der Waals surface area contributed by atoms with Gasteiger partial charge in [-0.1, -0.05) is 0 Å². The van der Waals surface area contributed by atoms with Crippen LogP contribution in [0.3, 0.4) is 0 Å². The van der Waals surface area contributed by atoms with Crippen molar-refractivity contribution in [1.82, 2.24) is 4.98 Å². The third-order valence-electron chi connectivity index (χ3n) is 2.92. The molecule has 1 heterocycles. The molecule has 0 amide bonds. The molecule has 6 nitrogen and oxygen atoms in total. The number of nitrogens with zero attached hydrogens (tertiary/aromatic N) is 1. The summed E-state index contributed by atoms with van der Waals surface area (Å²) in [6.45, 7) is 2.23. The number of hydrogen-bond donors (Lipinski definition) is 3. The number of pyridine rings is 1. The van der Waals surface area contributed by atoms with Crippen LogP contribution >= 0.6 is 0 Å². The van der Waals surface area contributed by atoms with Crippen molar-refractivity contribution in [2.24, 2.45) is 5.14 Å². The molecule has 0 spiro atoms. The van der Waals surface area contributed by atoms with Gasteiger partial charge < -0.3 is 11.1 Å². The van der Waals surface area contributed by atoms with Crippen LogP contribution in [0, 0.1) is 6.92 Å². The topological polar surface area (TPSA) is 111 Å². The first-order valence-electron chi connectivity index (χ1n) is 5.93. The zero-order valence-electron chi connectivity index (χ0n) is 11.0. The molecule has 106 valence electrons. The molecule has 7 heteroatoms. The molecule has 0 unspecified atom stereocenters. The summed E-state index contributed by atoms with van der Waals surface area (Å²) in [6, 6.07) is 6.79. The molecule has 1 aromatic heterocycles. The van der Waals surface area contributed by atoms with E-state index in [1.54, 1.807) is 25.4 Å². The van der Waals surface area contributed by atoms with E-state index in [0.717, 1.165) is 5.56 Å². The highest BCUT2D eigenvalue weighted by molar-refractivity contribution is 7.89. The van der Waals surface area contributed by atoms with Crippen LogP contribution in [0.5, 0.6) is 0 Å². The molecule has 0 fully saturated rings. The van der Waals surface area contributed by atoms with Crippen LogP contribution in [0.2, 0.25) is 0 Å². The zero-order chi connectivity index (χ0) is 14.8. The second-order valence-electron chi connectivity index (χ2n) is 4.45. The fourth-order valence-corrected chi connectivity index (χ4v) is 2.72. The minimum Gasteiger partial charge on any atom is -0.399 e. The van der Waals surface area contributed by atoms with Gasteiger partial charge in [-0.2, -0.15) is 0 Å². The molecule has 2 aromatic rings. The number of nitrogens with one attached hydrogen (secondary N) is 1. The van der Waals surface area contributed by atoms with Gasteiger partial charge in [0.25, 0.3) is 0 Å². The van der Waals surface area contributed by atoms with Crippen LogP contribution in [-0.4, -0.2) is 13.4 Å². The van der Waals surface area contributed by atoms with Crippen molar-refractivity contribution < 1.29 is 8.42 Å². The minimum absolute atomic E-state index is 0.0368. The first-order valence-corrected chi connectivity index (χ1v) is 7.48. The van der Waals surface area contributed by atoms with Crippen LogP contribution < -0.4 is 16.2 Å². The first kappa shape index (κ1) is 14.3. The van der Waals surface area contributed by atoms with Gasteiger partial charge in [0.1, 0.15) is 0 Å². The van der Waals surface area contributed by atoms with E-state index in [1.807, 2.05) is 12.1 Å². The Kier molecular flexibility index (Phi) is 3.91. The van der Waals surface area contributed by atoms with Crippen molar-refractivity contribution in [3.63, 3.8) is 0 Å². The molecule has 1 aromatic carbocycles.